The van der Waals surface area contributed by atoms with E-state index >= 15 is 0 Å². The minimum atomic E-state index is 0.706. The van der Waals surface area contributed by atoms with Crippen molar-refractivity contribution in [2.75, 3.05) is 0 Å². The molecule has 0 spiro atoms. The number of nitrogens with zero attached hydrogens (tertiary/aromatic N) is 5. The number of hydrogen-bond donors (Lipinski definition) is 0. The number of para-hydroxylation sites is 1. The quantitative estimate of drug-likeness (QED) is 0.158. The molecule has 0 unspecified atom stereocenters. The lowest BCUT2D eigenvalue weighted by molar-refractivity contribution is 1.18. The first-order valence-electron chi connectivity index (χ1n) is 19.6. The molecule has 4 heterocycles. The number of hydrogen-bond acceptors (Lipinski definition) is 5. The molecule has 0 aliphatic heterocycles. The van der Waals surface area contributed by atoms with Gasteiger partial charge >= 0.3 is 0 Å². The normalized spacial score (nSPS) is 12.3. The molecule has 274 valence electrons. The lowest BCUT2D eigenvalue weighted by Gasteiger charge is -2.15. The summed E-state index contributed by atoms with van der Waals surface area (Å²) in [6, 6.07) is 55.1. The molecule has 0 amide bonds. The zero-order valence-corrected chi connectivity index (χ0v) is 32.7. The van der Waals surface area contributed by atoms with Crippen LogP contribution in [0.2, 0.25) is 0 Å². The molecule has 11 rings (SSSR count). The smallest absolute Gasteiger partial charge is 0.160 e. The molecule has 58 heavy (non-hydrogen) atoms. The van der Waals surface area contributed by atoms with Crippen molar-refractivity contribution in [2.24, 2.45) is 0 Å². The lowest BCUT2D eigenvalue weighted by atomic mass is 10.0. The van der Waals surface area contributed by atoms with Crippen molar-refractivity contribution in [1.29, 1.82) is 0 Å². The van der Waals surface area contributed by atoms with Crippen LogP contribution in [0.4, 0.5) is 0 Å². The number of fused-ring (bicyclic) bond motifs is 11. The van der Waals surface area contributed by atoms with Crippen LogP contribution >= 0.6 is 11.3 Å². The van der Waals surface area contributed by atoms with Gasteiger partial charge in [-0.2, -0.15) is 0 Å². The molecule has 0 bridgehead atoms. The van der Waals surface area contributed by atoms with Crippen molar-refractivity contribution in [1.82, 2.24) is 24.5 Å². The molecule has 0 radical (unpaired) electrons. The average Bonchev–Trinajstić information content (AvgIpc) is 3.85. The third-order valence-corrected chi connectivity index (χ3v) is 12.2. The summed E-state index contributed by atoms with van der Waals surface area (Å²) in [6.07, 6.45) is 6.33. The fraction of sp³-hybridized carbons (Fsp3) is 0.0385. The molecule has 0 aliphatic rings. The summed E-state index contributed by atoms with van der Waals surface area (Å²) in [5.74, 6) is 0.706. The van der Waals surface area contributed by atoms with E-state index in [1.165, 1.54) is 14.8 Å². The Hall–Kier alpha value is -7.28. The van der Waals surface area contributed by atoms with E-state index in [1.807, 2.05) is 48.6 Å². The van der Waals surface area contributed by atoms with E-state index in [4.69, 9.17) is 19.9 Å². The second-order valence-electron chi connectivity index (χ2n) is 14.4. The van der Waals surface area contributed by atoms with E-state index in [0.717, 1.165) is 94.2 Å². The summed E-state index contributed by atoms with van der Waals surface area (Å²) in [4.78, 5) is 21.7. The summed E-state index contributed by atoms with van der Waals surface area (Å²) >= 11 is 1.82. The highest BCUT2D eigenvalue weighted by atomic mass is 32.1. The van der Waals surface area contributed by atoms with Gasteiger partial charge < -0.3 is 4.57 Å². The maximum atomic E-state index is 5.69. The van der Waals surface area contributed by atoms with Gasteiger partial charge in [0, 0.05) is 54.0 Å². The second-order valence-corrected chi connectivity index (χ2v) is 15.5. The highest BCUT2D eigenvalue weighted by Crippen LogP contribution is 2.48. The molecule has 0 N–H and O–H groups in total. The first-order valence-corrected chi connectivity index (χ1v) is 20.4. The van der Waals surface area contributed by atoms with E-state index in [9.17, 15) is 0 Å². The fourth-order valence-electron chi connectivity index (χ4n) is 8.47. The van der Waals surface area contributed by atoms with Crippen molar-refractivity contribution in [3.05, 3.63) is 182 Å². The molecule has 4 aromatic heterocycles. The van der Waals surface area contributed by atoms with Gasteiger partial charge in [-0.25, -0.2) is 19.9 Å². The minimum absolute atomic E-state index is 0.706. The Morgan fingerprint density at radius 1 is 0.552 bits per heavy atom. The first kappa shape index (κ1) is 34.0. The van der Waals surface area contributed by atoms with Gasteiger partial charge in [0.15, 0.2) is 5.82 Å². The third kappa shape index (κ3) is 5.30. The van der Waals surface area contributed by atoms with Gasteiger partial charge in [-0.05, 0) is 49.8 Å². The van der Waals surface area contributed by atoms with E-state index in [2.05, 4.69) is 157 Å². The van der Waals surface area contributed by atoms with Crippen LogP contribution in [0.15, 0.2) is 176 Å². The number of rotatable bonds is 6. The Kier molecular flexibility index (Phi) is 8.05. The van der Waals surface area contributed by atoms with Gasteiger partial charge in [0.1, 0.15) is 5.52 Å². The lowest BCUT2D eigenvalue weighted by Crippen LogP contribution is -2.00. The Balaban J connectivity index is 1.30. The van der Waals surface area contributed by atoms with Crippen molar-refractivity contribution < 1.29 is 0 Å². The summed E-state index contributed by atoms with van der Waals surface area (Å²) in [7, 11) is 0. The third-order valence-electron chi connectivity index (χ3n) is 11.0. The number of aromatic nitrogens is 5. The first-order chi connectivity index (χ1) is 28.7. The van der Waals surface area contributed by atoms with Crippen LogP contribution in [0.25, 0.3) is 109 Å². The second kappa shape index (κ2) is 13.7. The molecule has 5 nitrogen and oxygen atoms in total. The molecular formula is C52H35N5S. The van der Waals surface area contributed by atoms with Crippen LogP contribution in [0, 0.1) is 0 Å². The van der Waals surface area contributed by atoms with Crippen LogP contribution in [0.5, 0.6) is 0 Å². The maximum absolute atomic E-state index is 5.69. The molecule has 6 heteroatoms. The Bertz CT molecular complexity index is 3450. The Morgan fingerprint density at radius 3 is 1.91 bits per heavy atom. The highest BCUT2D eigenvalue weighted by molar-refractivity contribution is 7.27. The predicted octanol–water partition coefficient (Wildman–Crippen LogP) is 14.0. The topological polar surface area (TPSA) is 56.5 Å². The van der Waals surface area contributed by atoms with Crippen molar-refractivity contribution in [3.63, 3.8) is 0 Å². The Labute approximate surface area is 338 Å². The van der Waals surface area contributed by atoms with Crippen LogP contribution in [0.3, 0.4) is 0 Å². The van der Waals surface area contributed by atoms with E-state index in [-0.39, 0.29) is 0 Å². The van der Waals surface area contributed by atoms with Gasteiger partial charge in [-0.3, -0.25) is 0 Å². The summed E-state index contributed by atoms with van der Waals surface area (Å²) < 4.78 is 4.82. The van der Waals surface area contributed by atoms with Crippen molar-refractivity contribution in [2.45, 2.75) is 13.8 Å². The average molecular weight is 762 g/mol. The fourth-order valence-corrected chi connectivity index (χ4v) is 9.72. The van der Waals surface area contributed by atoms with Crippen LogP contribution in [-0.4, -0.2) is 24.5 Å². The zero-order chi connectivity index (χ0) is 38.7. The standard InChI is InChI=1S/C52H35N5S/c1-3-18-32(4-2)46-47(34-21-10-6-11-22-34)55-49-44-38-26-15-17-28-42(38)58-51(44)50-43(48(49)54-46)37-25-14-16-27-41(37)57(50)36-29-30-40-39(31-36)45(33-19-8-5-9-20-33)56-52(53-40)35-23-12-7-13-24-35/h3-31H,1-2H3/b18-3-,32-4+. The van der Waals surface area contributed by atoms with Crippen LogP contribution in [0.1, 0.15) is 19.5 Å². The van der Waals surface area contributed by atoms with E-state index < -0.39 is 0 Å². The van der Waals surface area contributed by atoms with Crippen LogP contribution < -0.4 is 0 Å². The summed E-state index contributed by atoms with van der Waals surface area (Å²) in [5, 5.41) is 5.51. The Morgan fingerprint density at radius 2 is 1.19 bits per heavy atom. The highest BCUT2D eigenvalue weighted by Gasteiger charge is 2.26. The monoisotopic (exact) mass is 761 g/mol. The number of benzene rings is 7. The summed E-state index contributed by atoms with van der Waals surface area (Å²) in [5.41, 5.74) is 12.7. The largest absolute Gasteiger partial charge is 0.308 e. The van der Waals surface area contributed by atoms with Gasteiger partial charge in [-0.15, -0.1) is 11.3 Å². The van der Waals surface area contributed by atoms with E-state index in [1.54, 1.807) is 0 Å². The number of allylic oxidation sites excluding steroid dienone is 4. The van der Waals surface area contributed by atoms with Crippen LogP contribution in [-0.2, 0) is 0 Å². The molecule has 0 saturated carbocycles. The summed E-state index contributed by atoms with van der Waals surface area (Å²) in [6.45, 7) is 4.12. The van der Waals surface area contributed by atoms with Gasteiger partial charge in [0.25, 0.3) is 0 Å². The van der Waals surface area contributed by atoms with Crippen molar-refractivity contribution >= 4 is 80.8 Å². The molecule has 0 fully saturated rings. The predicted molar refractivity (Wildman–Crippen MR) is 245 cm³/mol. The van der Waals surface area contributed by atoms with E-state index in [0.29, 0.717) is 5.82 Å². The number of thiophene rings is 1. The minimum Gasteiger partial charge on any atom is -0.308 e. The molecule has 0 aliphatic carbocycles. The van der Waals surface area contributed by atoms with Gasteiger partial charge in [0.2, 0.25) is 0 Å². The zero-order valence-electron chi connectivity index (χ0n) is 31.9. The molecule has 0 atom stereocenters. The van der Waals surface area contributed by atoms with Crippen molar-refractivity contribution in [3.8, 4) is 39.6 Å². The molecule has 0 saturated heterocycles. The van der Waals surface area contributed by atoms with Gasteiger partial charge in [-0.1, -0.05) is 146 Å². The van der Waals surface area contributed by atoms with Gasteiger partial charge in [0.05, 0.1) is 43.8 Å². The SMILES string of the molecule is C/C=C\C(=C/C)c1nc2c(nc1-c1ccccc1)c1c3ccccc3sc1c1c2c2ccccc2n1-c1ccc2nc(-c3ccccc3)nc(-c3ccccc3)c2c1. The maximum Gasteiger partial charge on any atom is 0.160 e. The molecular weight excluding hydrogens is 727 g/mol. The molecule has 11 aromatic rings. The molecule has 7 aromatic carbocycles.